The lowest BCUT2D eigenvalue weighted by Crippen LogP contribution is -2.16. The van der Waals surface area contributed by atoms with Gasteiger partial charge in [0.2, 0.25) is 0 Å². The largest absolute Gasteiger partial charge is 0.464 e. The highest BCUT2D eigenvalue weighted by Crippen LogP contribution is 2.22. The molecule has 5 nitrogen and oxygen atoms in total. The third kappa shape index (κ3) is 26.0. The Morgan fingerprint density at radius 3 is 1.65 bits per heavy atom. The van der Waals surface area contributed by atoms with Crippen LogP contribution >= 0.6 is 0 Å². The molecule has 1 atom stereocenters. The van der Waals surface area contributed by atoms with Crippen molar-refractivity contribution in [2.75, 3.05) is 46.8 Å². The van der Waals surface area contributed by atoms with Crippen LogP contribution in [0.2, 0.25) is 0 Å². The van der Waals surface area contributed by atoms with E-state index in [-0.39, 0.29) is 12.6 Å². The first kappa shape index (κ1) is 33.4. The van der Waals surface area contributed by atoms with E-state index in [9.17, 15) is 4.79 Å². The topological polar surface area (TPSA) is 54.0 Å². The number of ether oxygens (including phenoxy) is 4. The molecule has 204 valence electrons. The van der Waals surface area contributed by atoms with Crippen molar-refractivity contribution in [3.8, 4) is 0 Å². The summed E-state index contributed by atoms with van der Waals surface area (Å²) in [7, 11) is 1.66. The van der Waals surface area contributed by atoms with Crippen LogP contribution in [-0.2, 0) is 23.7 Å². The maximum absolute atomic E-state index is 12.0. The molecule has 0 rings (SSSR count). The Bertz CT molecular complexity index is 402. The van der Waals surface area contributed by atoms with E-state index in [0.717, 1.165) is 12.8 Å². The molecule has 0 fully saturated rings. The van der Waals surface area contributed by atoms with Gasteiger partial charge in [-0.15, -0.1) is 0 Å². The van der Waals surface area contributed by atoms with E-state index in [4.69, 9.17) is 18.9 Å². The zero-order valence-electron chi connectivity index (χ0n) is 23.1. The van der Waals surface area contributed by atoms with Gasteiger partial charge in [-0.25, -0.2) is 4.79 Å². The van der Waals surface area contributed by atoms with Crippen molar-refractivity contribution in [1.82, 2.24) is 0 Å². The molecule has 0 N–H and O–H groups in total. The van der Waals surface area contributed by atoms with Gasteiger partial charge in [0.05, 0.1) is 19.8 Å². The molecule has 0 amide bonds. The van der Waals surface area contributed by atoms with E-state index in [0.29, 0.717) is 39.0 Å². The Morgan fingerprint density at radius 2 is 1.09 bits per heavy atom. The summed E-state index contributed by atoms with van der Waals surface area (Å²) >= 11 is 0. The van der Waals surface area contributed by atoms with E-state index >= 15 is 0 Å². The van der Waals surface area contributed by atoms with Crippen molar-refractivity contribution in [1.29, 1.82) is 0 Å². The minimum Gasteiger partial charge on any atom is -0.464 e. The van der Waals surface area contributed by atoms with Crippen molar-refractivity contribution in [2.45, 2.75) is 129 Å². The summed E-state index contributed by atoms with van der Waals surface area (Å²) in [6.07, 6.45) is 23.3. The summed E-state index contributed by atoms with van der Waals surface area (Å²) in [5, 5.41) is 0. The molecular formula is C29H58O5. The molecule has 0 aliphatic carbocycles. The lowest BCUT2D eigenvalue weighted by molar-refractivity contribution is -0.149. The zero-order valence-corrected chi connectivity index (χ0v) is 23.1. The SMILES string of the molecule is CCCCCCCCCCC(CCCCCCCC)CCOC(=O)COCCCOCCOC. The minimum absolute atomic E-state index is 0.0399. The van der Waals surface area contributed by atoms with Gasteiger partial charge in [0.1, 0.15) is 6.61 Å². The lowest BCUT2D eigenvalue weighted by atomic mass is 9.91. The highest BCUT2D eigenvalue weighted by atomic mass is 16.6. The standard InChI is InChI=1S/C29H58O5/c1-4-6-8-10-12-13-15-17-20-28(19-16-14-11-9-7-5-2)21-24-34-29(30)27-33-23-18-22-32-26-25-31-3/h28H,4-27H2,1-3H3. The minimum atomic E-state index is -0.245. The number of esters is 1. The van der Waals surface area contributed by atoms with Gasteiger partial charge in [-0.1, -0.05) is 117 Å². The molecule has 0 radical (unpaired) electrons. The molecule has 5 heteroatoms. The molecule has 0 aliphatic heterocycles. The van der Waals surface area contributed by atoms with Crippen LogP contribution in [-0.4, -0.2) is 52.7 Å². The second-order valence-electron chi connectivity index (χ2n) is 9.71. The average Bonchev–Trinajstić information content (AvgIpc) is 2.84. The number of carbonyl (C=O) groups is 1. The van der Waals surface area contributed by atoms with E-state index in [1.165, 1.54) is 103 Å². The number of carbonyl (C=O) groups excluding carboxylic acids is 1. The Labute approximate surface area is 212 Å². The van der Waals surface area contributed by atoms with Gasteiger partial charge in [-0.05, 0) is 18.8 Å². The van der Waals surface area contributed by atoms with Gasteiger partial charge in [0, 0.05) is 20.3 Å². The fourth-order valence-corrected chi connectivity index (χ4v) is 4.26. The highest BCUT2D eigenvalue weighted by Gasteiger charge is 2.11. The van der Waals surface area contributed by atoms with Gasteiger partial charge in [-0.2, -0.15) is 0 Å². The number of hydrogen-bond donors (Lipinski definition) is 0. The normalized spacial score (nSPS) is 12.2. The van der Waals surface area contributed by atoms with Crippen molar-refractivity contribution in [3.63, 3.8) is 0 Å². The molecule has 0 heterocycles. The Kier molecular flexibility index (Phi) is 28.0. The summed E-state index contributed by atoms with van der Waals surface area (Å²) in [5.74, 6) is 0.440. The third-order valence-corrected chi connectivity index (χ3v) is 6.45. The second kappa shape index (κ2) is 28.6. The summed E-state index contributed by atoms with van der Waals surface area (Å²) < 4.78 is 21.2. The Hall–Kier alpha value is -0.650. The summed E-state index contributed by atoms with van der Waals surface area (Å²) in [6.45, 7) is 7.45. The highest BCUT2D eigenvalue weighted by molar-refractivity contribution is 5.70. The van der Waals surface area contributed by atoms with Gasteiger partial charge in [0.15, 0.2) is 0 Å². The van der Waals surface area contributed by atoms with Crippen LogP contribution in [0.5, 0.6) is 0 Å². The van der Waals surface area contributed by atoms with Gasteiger partial charge in [0.25, 0.3) is 0 Å². The second-order valence-corrected chi connectivity index (χ2v) is 9.71. The smallest absolute Gasteiger partial charge is 0.332 e. The predicted molar refractivity (Wildman–Crippen MR) is 142 cm³/mol. The van der Waals surface area contributed by atoms with Gasteiger partial charge >= 0.3 is 5.97 Å². The van der Waals surface area contributed by atoms with Crippen molar-refractivity contribution < 1.29 is 23.7 Å². The average molecular weight is 487 g/mol. The molecule has 0 aromatic heterocycles. The molecule has 0 spiro atoms. The van der Waals surface area contributed by atoms with E-state index in [1.807, 2.05) is 0 Å². The number of rotatable bonds is 28. The van der Waals surface area contributed by atoms with Gasteiger partial charge < -0.3 is 18.9 Å². The van der Waals surface area contributed by atoms with Crippen molar-refractivity contribution in [2.24, 2.45) is 5.92 Å². The molecule has 0 saturated carbocycles. The fourth-order valence-electron chi connectivity index (χ4n) is 4.26. The third-order valence-electron chi connectivity index (χ3n) is 6.45. The van der Waals surface area contributed by atoms with E-state index in [2.05, 4.69) is 13.8 Å². The molecule has 1 unspecified atom stereocenters. The van der Waals surface area contributed by atoms with Crippen LogP contribution in [0.3, 0.4) is 0 Å². The Morgan fingerprint density at radius 1 is 0.559 bits per heavy atom. The molecular weight excluding hydrogens is 428 g/mol. The van der Waals surface area contributed by atoms with Crippen LogP contribution in [0, 0.1) is 5.92 Å². The van der Waals surface area contributed by atoms with Crippen LogP contribution in [0.4, 0.5) is 0 Å². The summed E-state index contributed by atoms with van der Waals surface area (Å²) in [6, 6.07) is 0. The van der Waals surface area contributed by atoms with Crippen molar-refractivity contribution in [3.05, 3.63) is 0 Å². The van der Waals surface area contributed by atoms with E-state index < -0.39 is 0 Å². The molecule has 34 heavy (non-hydrogen) atoms. The molecule has 0 aromatic rings. The lowest BCUT2D eigenvalue weighted by Gasteiger charge is -2.17. The maximum atomic E-state index is 12.0. The first-order valence-electron chi connectivity index (χ1n) is 14.5. The van der Waals surface area contributed by atoms with Crippen molar-refractivity contribution >= 4 is 5.97 Å². The molecule has 0 aliphatic rings. The number of methoxy groups -OCH3 is 1. The number of hydrogen-bond acceptors (Lipinski definition) is 5. The van der Waals surface area contributed by atoms with Crippen LogP contribution in [0.25, 0.3) is 0 Å². The van der Waals surface area contributed by atoms with Crippen LogP contribution < -0.4 is 0 Å². The quantitative estimate of drug-likeness (QED) is 0.0831. The summed E-state index contributed by atoms with van der Waals surface area (Å²) in [4.78, 5) is 12.0. The molecule has 0 saturated heterocycles. The molecule has 0 bridgehead atoms. The van der Waals surface area contributed by atoms with E-state index in [1.54, 1.807) is 7.11 Å². The monoisotopic (exact) mass is 486 g/mol. The zero-order chi connectivity index (χ0) is 25.0. The fraction of sp³-hybridized carbons (Fsp3) is 0.966. The molecule has 0 aromatic carbocycles. The first-order chi connectivity index (χ1) is 16.7. The summed E-state index contributed by atoms with van der Waals surface area (Å²) in [5.41, 5.74) is 0. The van der Waals surface area contributed by atoms with Gasteiger partial charge in [-0.3, -0.25) is 0 Å². The van der Waals surface area contributed by atoms with Crippen LogP contribution in [0.1, 0.15) is 129 Å². The maximum Gasteiger partial charge on any atom is 0.332 e. The predicted octanol–water partition coefficient (Wildman–Crippen LogP) is 7.89. The first-order valence-corrected chi connectivity index (χ1v) is 14.5. The number of unbranched alkanes of at least 4 members (excludes halogenated alkanes) is 12. The Balaban J connectivity index is 3.92. The van der Waals surface area contributed by atoms with Crippen LogP contribution in [0.15, 0.2) is 0 Å².